The fourth-order valence-electron chi connectivity index (χ4n) is 2.31. The number of hydrogen-bond donors (Lipinski definition) is 2. The van der Waals surface area contributed by atoms with Crippen LogP contribution in [0.2, 0.25) is 0 Å². The number of ether oxygens (including phenoxy) is 2. The largest absolute Gasteiger partial charge is 0.353 e. The number of rotatable bonds is 4. The first kappa shape index (κ1) is 12.8. The SMILES string of the molecule is CC1(C)OCC(CNC(=O)CC2CCNC2)O1. The van der Waals surface area contributed by atoms with Crippen LogP contribution in [-0.4, -0.2) is 44.0 Å². The van der Waals surface area contributed by atoms with Gasteiger partial charge in [-0.2, -0.15) is 0 Å². The van der Waals surface area contributed by atoms with Gasteiger partial charge in [-0.3, -0.25) is 4.79 Å². The zero-order valence-electron chi connectivity index (χ0n) is 10.6. The Balaban J connectivity index is 1.63. The minimum Gasteiger partial charge on any atom is -0.353 e. The summed E-state index contributed by atoms with van der Waals surface area (Å²) in [5, 5.41) is 6.18. The van der Waals surface area contributed by atoms with Crippen LogP contribution in [0, 0.1) is 5.92 Å². The zero-order chi connectivity index (χ0) is 12.3. The Kier molecular flexibility index (Phi) is 4.01. The average Bonchev–Trinajstić information content (AvgIpc) is 2.85. The second-order valence-corrected chi connectivity index (χ2v) is 5.32. The van der Waals surface area contributed by atoms with Crippen molar-refractivity contribution in [2.45, 2.75) is 38.6 Å². The van der Waals surface area contributed by atoms with E-state index in [1.54, 1.807) is 0 Å². The van der Waals surface area contributed by atoms with Gasteiger partial charge in [0.25, 0.3) is 0 Å². The van der Waals surface area contributed by atoms with Gasteiger partial charge >= 0.3 is 0 Å². The lowest BCUT2D eigenvalue weighted by molar-refractivity contribution is -0.139. The van der Waals surface area contributed by atoms with Gasteiger partial charge in [0, 0.05) is 13.0 Å². The molecular weight excluding hydrogens is 220 g/mol. The quantitative estimate of drug-likeness (QED) is 0.742. The number of amides is 1. The minimum absolute atomic E-state index is 0.0179. The highest BCUT2D eigenvalue weighted by atomic mass is 16.7. The van der Waals surface area contributed by atoms with Crippen molar-refractivity contribution in [1.82, 2.24) is 10.6 Å². The van der Waals surface area contributed by atoms with E-state index in [0.29, 0.717) is 25.5 Å². The summed E-state index contributed by atoms with van der Waals surface area (Å²) in [4.78, 5) is 11.7. The molecular formula is C12H22N2O3. The van der Waals surface area contributed by atoms with Crippen molar-refractivity contribution < 1.29 is 14.3 Å². The maximum atomic E-state index is 11.7. The third kappa shape index (κ3) is 3.94. The standard InChI is InChI=1S/C12H22N2O3/c1-12(2)16-8-10(17-12)7-14-11(15)5-9-3-4-13-6-9/h9-10,13H,3-8H2,1-2H3,(H,14,15). The molecule has 2 aliphatic rings. The van der Waals surface area contributed by atoms with Crippen LogP contribution in [0.1, 0.15) is 26.7 Å². The van der Waals surface area contributed by atoms with Crippen molar-refractivity contribution in [3.8, 4) is 0 Å². The van der Waals surface area contributed by atoms with Crippen LogP contribution in [0.4, 0.5) is 0 Å². The smallest absolute Gasteiger partial charge is 0.220 e. The highest BCUT2D eigenvalue weighted by molar-refractivity contribution is 5.76. The molecule has 17 heavy (non-hydrogen) atoms. The molecule has 2 heterocycles. The van der Waals surface area contributed by atoms with E-state index in [2.05, 4.69) is 10.6 Å². The van der Waals surface area contributed by atoms with Crippen molar-refractivity contribution in [2.75, 3.05) is 26.2 Å². The van der Waals surface area contributed by atoms with Gasteiger partial charge in [-0.1, -0.05) is 0 Å². The maximum Gasteiger partial charge on any atom is 0.220 e. The Labute approximate surface area is 102 Å². The summed E-state index contributed by atoms with van der Waals surface area (Å²) < 4.78 is 11.1. The van der Waals surface area contributed by atoms with Crippen LogP contribution >= 0.6 is 0 Å². The summed E-state index contributed by atoms with van der Waals surface area (Å²) in [7, 11) is 0. The molecule has 98 valence electrons. The summed E-state index contributed by atoms with van der Waals surface area (Å²) in [5.74, 6) is 0.101. The molecule has 2 rings (SSSR count). The minimum atomic E-state index is -0.509. The van der Waals surface area contributed by atoms with Crippen LogP contribution in [0.25, 0.3) is 0 Å². The number of hydrogen-bond acceptors (Lipinski definition) is 4. The van der Waals surface area contributed by atoms with Gasteiger partial charge in [0.15, 0.2) is 5.79 Å². The lowest BCUT2D eigenvalue weighted by atomic mass is 10.0. The van der Waals surface area contributed by atoms with Gasteiger partial charge in [0.05, 0.1) is 6.61 Å². The Bertz CT molecular complexity index is 275. The highest BCUT2D eigenvalue weighted by Gasteiger charge is 2.32. The summed E-state index contributed by atoms with van der Waals surface area (Å²) in [6.07, 6.45) is 1.70. The van der Waals surface area contributed by atoms with E-state index in [1.807, 2.05) is 13.8 Å². The summed E-state index contributed by atoms with van der Waals surface area (Å²) >= 11 is 0. The molecule has 0 aromatic heterocycles. The van der Waals surface area contributed by atoms with E-state index < -0.39 is 5.79 Å². The van der Waals surface area contributed by atoms with Crippen LogP contribution in [-0.2, 0) is 14.3 Å². The predicted octanol–water partition coefficient (Wildman–Crippen LogP) is 0.254. The summed E-state index contributed by atoms with van der Waals surface area (Å²) in [6, 6.07) is 0. The van der Waals surface area contributed by atoms with Crippen molar-refractivity contribution in [3.05, 3.63) is 0 Å². The molecule has 0 aliphatic carbocycles. The molecule has 5 heteroatoms. The first-order chi connectivity index (χ1) is 8.05. The van der Waals surface area contributed by atoms with E-state index in [0.717, 1.165) is 19.5 Å². The van der Waals surface area contributed by atoms with Gasteiger partial charge < -0.3 is 20.1 Å². The second-order valence-electron chi connectivity index (χ2n) is 5.32. The van der Waals surface area contributed by atoms with Crippen molar-refractivity contribution >= 4 is 5.91 Å². The summed E-state index contributed by atoms with van der Waals surface area (Å²) in [5.41, 5.74) is 0. The van der Waals surface area contributed by atoms with Crippen LogP contribution < -0.4 is 10.6 Å². The van der Waals surface area contributed by atoms with Gasteiger partial charge in [0.1, 0.15) is 6.10 Å². The maximum absolute atomic E-state index is 11.7. The molecule has 1 amide bonds. The van der Waals surface area contributed by atoms with Gasteiger partial charge in [-0.25, -0.2) is 0 Å². The number of carbonyl (C=O) groups excluding carboxylic acids is 1. The van der Waals surface area contributed by atoms with E-state index in [1.165, 1.54) is 0 Å². The molecule has 2 atom stereocenters. The van der Waals surface area contributed by atoms with Crippen molar-refractivity contribution in [3.63, 3.8) is 0 Å². The zero-order valence-corrected chi connectivity index (χ0v) is 10.6. The van der Waals surface area contributed by atoms with E-state index >= 15 is 0 Å². The molecule has 0 radical (unpaired) electrons. The van der Waals surface area contributed by atoms with E-state index in [-0.39, 0.29) is 12.0 Å². The Morgan fingerprint density at radius 2 is 2.35 bits per heavy atom. The molecule has 2 unspecified atom stereocenters. The monoisotopic (exact) mass is 242 g/mol. The third-order valence-electron chi connectivity index (χ3n) is 3.23. The third-order valence-corrected chi connectivity index (χ3v) is 3.23. The second kappa shape index (κ2) is 5.33. The molecule has 0 aromatic carbocycles. The molecule has 2 fully saturated rings. The molecule has 5 nitrogen and oxygen atoms in total. The fourth-order valence-corrected chi connectivity index (χ4v) is 2.31. The molecule has 0 bridgehead atoms. The first-order valence-corrected chi connectivity index (χ1v) is 6.34. The summed E-state index contributed by atoms with van der Waals surface area (Å²) in [6.45, 7) is 6.87. The van der Waals surface area contributed by atoms with E-state index in [4.69, 9.17) is 9.47 Å². The van der Waals surface area contributed by atoms with E-state index in [9.17, 15) is 4.79 Å². The fraction of sp³-hybridized carbons (Fsp3) is 0.917. The highest BCUT2D eigenvalue weighted by Crippen LogP contribution is 2.21. The normalized spacial score (nSPS) is 31.6. The number of nitrogens with one attached hydrogen (secondary N) is 2. The Hall–Kier alpha value is -0.650. The van der Waals surface area contributed by atoms with Crippen LogP contribution in [0.5, 0.6) is 0 Å². The van der Waals surface area contributed by atoms with Crippen molar-refractivity contribution in [1.29, 1.82) is 0 Å². The predicted molar refractivity (Wildman–Crippen MR) is 63.5 cm³/mol. The molecule has 0 aromatic rings. The lowest BCUT2D eigenvalue weighted by Crippen LogP contribution is -2.35. The Morgan fingerprint density at radius 1 is 1.53 bits per heavy atom. The molecule has 0 spiro atoms. The van der Waals surface area contributed by atoms with Gasteiger partial charge in [-0.15, -0.1) is 0 Å². The van der Waals surface area contributed by atoms with Crippen LogP contribution in [0.3, 0.4) is 0 Å². The first-order valence-electron chi connectivity index (χ1n) is 6.34. The molecule has 2 saturated heterocycles. The average molecular weight is 242 g/mol. The van der Waals surface area contributed by atoms with Gasteiger partial charge in [0.2, 0.25) is 5.91 Å². The van der Waals surface area contributed by atoms with Gasteiger partial charge in [-0.05, 0) is 39.3 Å². The number of carbonyl (C=O) groups is 1. The lowest BCUT2D eigenvalue weighted by Gasteiger charge is -2.17. The Morgan fingerprint density at radius 3 is 2.94 bits per heavy atom. The van der Waals surface area contributed by atoms with Crippen LogP contribution in [0.15, 0.2) is 0 Å². The molecule has 2 aliphatic heterocycles. The molecule has 2 N–H and O–H groups in total. The molecule has 0 saturated carbocycles. The van der Waals surface area contributed by atoms with Crippen molar-refractivity contribution in [2.24, 2.45) is 5.92 Å². The topological polar surface area (TPSA) is 59.6 Å².